The number of ether oxygens (including phenoxy) is 1. The Kier molecular flexibility index (Phi) is 4.27. The van der Waals surface area contributed by atoms with Crippen LogP contribution in [0.1, 0.15) is 34.8 Å². The van der Waals surface area contributed by atoms with Gasteiger partial charge in [0.1, 0.15) is 11.4 Å². The van der Waals surface area contributed by atoms with Gasteiger partial charge < -0.3 is 14.6 Å². The standard InChI is InChI=1S/C22H21N5O2/c1-29-16-5-2-4-14(10-16)20-6-3-9-27(20)22(28)18-13-23-21-17(18)7-8-19(26-21)15-11-24-25-12-15/h2,4-5,7-8,10-13,20H,3,6,9H2,1H3,(H,23,26)(H,24,25). The summed E-state index contributed by atoms with van der Waals surface area (Å²) in [4.78, 5) is 23.2. The molecule has 1 aromatic carbocycles. The second kappa shape index (κ2) is 7.09. The molecule has 0 spiro atoms. The molecule has 0 saturated carbocycles. The average Bonchev–Trinajstić information content (AvgIpc) is 3.53. The van der Waals surface area contributed by atoms with E-state index >= 15 is 0 Å². The fourth-order valence-corrected chi connectivity index (χ4v) is 4.09. The number of aromatic nitrogens is 4. The van der Waals surface area contributed by atoms with Gasteiger partial charge in [-0.2, -0.15) is 5.10 Å². The minimum absolute atomic E-state index is 0.0273. The molecular formula is C22H21N5O2. The largest absolute Gasteiger partial charge is 0.497 e. The number of hydrogen-bond acceptors (Lipinski definition) is 4. The highest BCUT2D eigenvalue weighted by Crippen LogP contribution is 2.35. The second-order valence-electron chi connectivity index (χ2n) is 7.22. The summed E-state index contributed by atoms with van der Waals surface area (Å²) < 4.78 is 5.36. The Morgan fingerprint density at radius 1 is 1.24 bits per heavy atom. The van der Waals surface area contributed by atoms with Gasteiger partial charge in [0.05, 0.1) is 30.6 Å². The highest BCUT2D eigenvalue weighted by atomic mass is 16.5. The van der Waals surface area contributed by atoms with E-state index in [0.717, 1.165) is 47.3 Å². The maximum Gasteiger partial charge on any atom is 0.256 e. The van der Waals surface area contributed by atoms with Crippen molar-refractivity contribution in [2.24, 2.45) is 0 Å². The van der Waals surface area contributed by atoms with E-state index in [1.165, 1.54) is 0 Å². The normalized spacial score (nSPS) is 16.4. The number of aromatic amines is 2. The first-order valence-corrected chi connectivity index (χ1v) is 9.67. The third-order valence-corrected chi connectivity index (χ3v) is 5.56. The fourth-order valence-electron chi connectivity index (χ4n) is 4.09. The monoisotopic (exact) mass is 387 g/mol. The second-order valence-corrected chi connectivity index (χ2v) is 7.22. The molecule has 7 heteroatoms. The predicted molar refractivity (Wildman–Crippen MR) is 110 cm³/mol. The third-order valence-electron chi connectivity index (χ3n) is 5.56. The van der Waals surface area contributed by atoms with E-state index in [9.17, 15) is 4.79 Å². The van der Waals surface area contributed by atoms with E-state index in [1.54, 1.807) is 25.7 Å². The molecule has 4 heterocycles. The maximum absolute atomic E-state index is 13.4. The zero-order chi connectivity index (χ0) is 19.8. The first-order chi connectivity index (χ1) is 14.2. The van der Waals surface area contributed by atoms with Gasteiger partial charge in [0.25, 0.3) is 5.91 Å². The van der Waals surface area contributed by atoms with Crippen molar-refractivity contribution in [1.82, 2.24) is 25.1 Å². The van der Waals surface area contributed by atoms with Crippen LogP contribution in [0.4, 0.5) is 0 Å². The van der Waals surface area contributed by atoms with Crippen molar-refractivity contribution in [2.45, 2.75) is 18.9 Å². The van der Waals surface area contributed by atoms with E-state index in [2.05, 4.69) is 26.2 Å². The molecule has 0 bridgehead atoms. The van der Waals surface area contributed by atoms with Gasteiger partial charge in [-0.05, 0) is 42.7 Å². The van der Waals surface area contributed by atoms with Gasteiger partial charge in [-0.3, -0.25) is 9.89 Å². The summed E-state index contributed by atoms with van der Waals surface area (Å²) in [7, 11) is 1.66. The fraction of sp³-hybridized carbons (Fsp3) is 0.227. The van der Waals surface area contributed by atoms with Crippen LogP contribution >= 0.6 is 0 Å². The Labute approximate surface area is 167 Å². The molecule has 0 radical (unpaired) electrons. The summed E-state index contributed by atoms with van der Waals surface area (Å²) in [6, 6.07) is 11.9. The van der Waals surface area contributed by atoms with Crippen LogP contribution < -0.4 is 4.74 Å². The molecule has 3 aromatic heterocycles. The predicted octanol–water partition coefficient (Wildman–Crippen LogP) is 3.94. The number of hydrogen-bond donors (Lipinski definition) is 2. The molecule has 146 valence electrons. The van der Waals surface area contributed by atoms with E-state index in [1.807, 2.05) is 35.2 Å². The van der Waals surface area contributed by atoms with Crippen LogP contribution in [0.5, 0.6) is 5.75 Å². The Bertz CT molecular complexity index is 1170. The smallest absolute Gasteiger partial charge is 0.256 e. The van der Waals surface area contributed by atoms with E-state index in [0.29, 0.717) is 11.2 Å². The number of nitrogens with zero attached hydrogens (tertiary/aromatic N) is 3. The Morgan fingerprint density at radius 2 is 2.17 bits per heavy atom. The zero-order valence-electron chi connectivity index (χ0n) is 16.1. The van der Waals surface area contributed by atoms with Crippen molar-refractivity contribution < 1.29 is 9.53 Å². The van der Waals surface area contributed by atoms with E-state index in [-0.39, 0.29) is 11.9 Å². The summed E-state index contributed by atoms with van der Waals surface area (Å²) in [6.45, 7) is 0.744. The molecule has 5 rings (SSSR count). The number of amides is 1. The quantitative estimate of drug-likeness (QED) is 0.555. The molecule has 1 fully saturated rings. The molecule has 4 aromatic rings. The number of methoxy groups -OCH3 is 1. The molecule has 29 heavy (non-hydrogen) atoms. The van der Waals surface area contributed by atoms with Gasteiger partial charge in [-0.1, -0.05) is 12.1 Å². The van der Waals surface area contributed by atoms with Crippen LogP contribution in [0, 0.1) is 0 Å². The topological polar surface area (TPSA) is 86.9 Å². The highest BCUT2D eigenvalue weighted by Gasteiger charge is 2.32. The number of benzene rings is 1. The first-order valence-electron chi connectivity index (χ1n) is 9.67. The van der Waals surface area contributed by atoms with Gasteiger partial charge in [-0.15, -0.1) is 0 Å². The molecule has 1 aliphatic rings. The lowest BCUT2D eigenvalue weighted by Crippen LogP contribution is -2.30. The van der Waals surface area contributed by atoms with Crippen LogP contribution in [-0.4, -0.2) is 44.6 Å². The van der Waals surface area contributed by atoms with Crippen LogP contribution in [0.15, 0.2) is 55.0 Å². The summed E-state index contributed by atoms with van der Waals surface area (Å²) in [6.07, 6.45) is 7.22. The van der Waals surface area contributed by atoms with Crippen molar-refractivity contribution >= 4 is 16.9 Å². The first kappa shape index (κ1) is 17.5. The lowest BCUT2D eigenvalue weighted by Gasteiger charge is -2.25. The molecule has 7 nitrogen and oxygen atoms in total. The van der Waals surface area contributed by atoms with Crippen LogP contribution in [0.25, 0.3) is 22.3 Å². The number of pyridine rings is 1. The molecule has 1 aliphatic heterocycles. The third kappa shape index (κ3) is 3.04. The average molecular weight is 387 g/mol. The van der Waals surface area contributed by atoms with Gasteiger partial charge in [-0.25, -0.2) is 4.98 Å². The maximum atomic E-state index is 13.4. The number of likely N-dealkylation sites (tertiary alicyclic amines) is 1. The van der Waals surface area contributed by atoms with Crippen molar-refractivity contribution in [1.29, 1.82) is 0 Å². The lowest BCUT2D eigenvalue weighted by molar-refractivity contribution is 0.0737. The molecule has 1 amide bonds. The van der Waals surface area contributed by atoms with Crippen LogP contribution in [-0.2, 0) is 0 Å². The Balaban J connectivity index is 1.47. The van der Waals surface area contributed by atoms with Gasteiger partial charge in [0.2, 0.25) is 0 Å². The van der Waals surface area contributed by atoms with Gasteiger partial charge in [0, 0.05) is 29.9 Å². The van der Waals surface area contributed by atoms with E-state index in [4.69, 9.17) is 4.74 Å². The van der Waals surface area contributed by atoms with Crippen molar-refractivity contribution in [2.75, 3.05) is 13.7 Å². The summed E-state index contributed by atoms with van der Waals surface area (Å²) >= 11 is 0. The lowest BCUT2D eigenvalue weighted by atomic mass is 10.0. The Hall–Kier alpha value is -3.61. The Morgan fingerprint density at radius 3 is 3.00 bits per heavy atom. The minimum atomic E-state index is 0.0273. The molecule has 1 atom stereocenters. The van der Waals surface area contributed by atoms with Crippen molar-refractivity contribution in [3.8, 4) is 17.0 Å². The van der Waals surface area contributed by atoms with E-state index < -0.39 is 0 Å². The summed E-state index contributed by atoms with van der Waals surface area (Å²) in [5.41, 5.74) is 4.18. The van der Waals surface area contributed by atoms with Crippen LogP contribution in [0.3, 0.4) is 0 Å². The number of H-pyrrole nitrogens is 2. The van der Waals surface area contributed by atoms with Crippen LogP contribution in [0.2, 0.25) is 0 Å². The number of carbonyl (C=O) groups excluding carboxylic acids is 1. The molecule has 0 aliphatic carbocycles. The number of carbonyl (C=O) groups is 1. The number of nitrogens with one attached hydrogen (secondary N) is 2. The summed E-state index contributed by atoms with van der Waals surface area (Å²) in [5, 5.41) is 7.60. The molecule has 2 N–H and O–H groups in total. The number of rotatable bonds is 4. The zero-order valence-corrected chi connectivity index (χ0v) is 16.1. The molecule has 1 unspecified atom stereocenters. The van der Waals surface area contributed by atoms with Gasteiger partial charge >= 0.3 is 0 Å². The summed E-state index contributed by atoms with van der Waals surface area (Å²) in [5.74, 6) is 0.837. The van der Waals surface area contributed by atoms with Gasteiger partial charge in [0.15, 0.2) is 0 Å². The van der Waals surface area contributed by atoms with Crippen molar-refractivity contribution in [3.63, 3.8) is 0 Å². The minimum Gasteiger partial charge on any atom is -0.497 e. The molecule has 1 saturated heterocycles. The number of fused-ring (bicyclic) bond motifs is 1. The van der Waals surface area contributed by atoms with Crippen molar-refractivity contribution in [3.05, 3.63) is 66.1 Å². The molecular weight excluding hydrogens is 366 g/mol. The highest BCUT2D eigenvalue weighted by molar-refractivity contribution is 6.06. The SMILES string of the molecule is COc1cccc(C2CCCN2C(=O)c2c[nH]c3nc(-c4cn[nH]c4)ccc23)c1.